The highest BCUT2D eigenvalue weighted by atomic mass is 16.5. The first-order valence-electron chi connectivity index (χ1n) is 9.66. The summed E-state index contributed by atoms with van der Waals surface area (Å²) in [5.74, 6) is 3.46. The zero-order chi connectivity index (χ0) is 19.8. The third-order valence-corrected chi connectivity index (χ3v) is 4.74. The molecule has 7 heteroatoms. The van der Waals surface area contributed by atoms with Crippen LogP contribution in [0, 0.1) is 0 Å². The van der Waals surface area contributed by atoms with Gasteiger partial charge in [0.05, 0.1) is 13.7 Å². The SMILES string of the molecule is CCOc1ccc(CNC(=NC)N2CCN(c3ccccn3)CC2)cc1OC. The average molecular weight is 383 g/mol. The fourth-order valence-corrected chi connectivity index (χ4v) is 3.30. The maximum Gasteiger partial charge on any atom is 0.194 e. The lowest BCUT2D eigenvalue weighted by molar-refractivity contribution is 0.310. The maximum atomic E-state index is 5.58. The third-order valence-electron chi connectivity index (χ3n) is 4.74. The molecule has 1 aliphatic heterocycles. The number of nitrogens with zero attached hydrogens (tertiary/aromatic N) is 4. The first kappa shape index (κ1) is 19.8. The number of methoxy groups -OCH3 is 1. The number of rotatable bonds is 6. The van der Waals surface area contributed by atoms with E-state index in [1.165, 1.54) is 0 Å². The molecule has 0 amide bonds. The van der Waals surface area contributed by atoms with Gasteiger partial charge in [0.25, 0.3) is 0 Å². The van der Waals surface area contributed by atoms with Gasteiger partial charge in [-0.3, -0.25) is 4.99 Å². The zero-order valence-electron chi connectivity index (χ0n) is 16.9. The minimum absolute atomic E-state index is 0.616. The van der Waals surface area contributed by atoms with E-state index < -0.39 is 0 Å². The van der Waals surface area contributed by atoms with E-state index in [-0.39, 0.29) is 0 Å². The second-order valence-corrected chi connectivity index (χ2v) is 6.48. The van der Waals surface area contributed by atoms with Crippen LogP contribution in [0.15, 0.2) is 47.6 Å². The van der Waals surface area contributed by atoms with Gasteiger partial charge in [0.15, 0.2) is 17.5 Å². The number of ether oxygens (including phenoxy) is 2. The number of guanidine groups is 1. The molecule has 1 saturated heterocycles. The molecule has 0 aliphatic carbocycles. The maximum absolute atomic E-state index is 5.58. The van der Waals surface area contributed by atoms with Crippen molar-refractivity contribution in [2.45, 2.75) is 13.5 Å². The van der Waals surface area contributed by atoms with Crippen molar-refractivity contribution in [3.8, 4) is 11.5 Å². The largest absolute Gasteiger partial charge is 0.493 e. The Morgan fingerprint density at radius 2 is 1.96 bits per heavy atom. The lowest BCUT2D eigenvalue weighted by Crippen LogP contribution is -2.52. The second kappa shape index (κ2) is 9.82. The molecule has 28 heavy (non-hydrogen) atoms. The van der Waals surface area contributed by atoms with Gasteiger partial charge < -0.3 is 24.6 Å². The number of aromatic nitrogens is 1. The van der Waals surface area contributed by atoms with E-state index in [0.717, 1.165) is 55.0 Å². The van der Waals surface area contributed by atoms with Crippen molar-refractivity contribution < 1.29 is 9.47 Å². The predicted molar refractivity (Wildman–Crippen MR) is 112 cm³/mol. The van der Waals surface area contributed by atoms with Crippen LogP contribution >= 0.6 is 0 Å². The van der Waals surface area contributed by atoms with E-state index >= 15 is 0 Å². The van der Waals surface area contributed by atoms with Crippen molar-refractivity contribution in [3.63, 3.8) is 0 Å². The van der Waals surface area contributed by atoms with Crippen LogP contribution in [0.5, 0.6) is 11.5 Å². The molecule has 1 aromatic carbocycles. The quantitative estimate of drug-likeness (QED) is 0.610. The molecule has 2 aromatic rings. The summed E-state index contributed by atoms with van der Waals surface area (Å²) in [6, 6.07) is 12.0. The highest BCUT2D eigenvalue weighted by molar-refractivity contribution is 5.80. The van der Waals surface area contributed by atoms with Crippen LogP contribution in [0.3, 0.4) is 0 Å². The molecule has 3 rings (SSSR count). The van der Waals surface area contributed by atoms with E-state index in [4.69, 9.17) is 9.47 Å². The molecule has 1 aromatic heterocycles. The van der Waals surface area contributed by atoms with Crippen molar-refractivity contribution in [1.82, 2.24) is 15.2 Å². The molecule has 150 valence electrons. The summed E-state index contributed by atoms with van der Waals surface area (Å²) in [5.41, 5.74) is 1.12. The molecule has 1 fully saturated rings. The number of aliphatic imine (C=N–C) groups is 1. The summed E-state index contributed by atoms with van der Waals surface area (Å²) in [4.78, 5) is 13.5. The Hall–Kier alpha value is -2.96. The van der Waals surface area contributed by atoms with Crippen molar-refractivity contribution in [3.05, 3.63) is 48.2 Å². The van der Waals surface area contributed by atoms with Gasteiger partial charge in [0, 0.05) is 46.0 Å². The topological polar surface area (TPSA) is 62.2 Å². The first-order valence-corrected chi connectivity index (χ1v) is 9.66. The summed E-state index contributed by atoms with van der Waals surface area (Å²) in [5, 5.41) is 3.46. The molecule has 1 aliphatic rings. The molecule has 0 spiro atoms. The molecule has 0 radical (unpaired) electrons. The van der Waals surface area contributed by atoms with Crippen LogP contribution in [-0.4, -0.2) is 62.8 Å². The number of hydrogen-bond acceptors (Lipinski definition) is 5. The Bertz CT molecular complexity index is 774. The molecular weight excluding hydrogens is 354 g/mol. The molecule has 0 saturated carbocycles. The van der Waals surface area contributed by atoms with Crippen LogP contribution in [0.25, 0.3) is 0 Å². The second-order valence-electron chi connectivity index (χ2n) is 6.48. The van der Waals surface area contributed by atoms with Crippen LogP contribution in [0.1, 0.15) is 12.5 Å². The van der Waals surface area contributed by atoms with Gasteiger partial charge in [-0.05, 0) is 36.8 Å². The molecular formula is C21H29N5O2. The number of hydrogen-bond donors (Lipinski definition) is 1. The fourth-order valence-electron chi connectivity index (χ4n) is 3.30. The van der Waals surface area contributed by atoms with Gasteiger partial charge in [0.1, 0.15) is 5.82 Å². The van der Waals surface area contributed by atoms with Gasteiger partial charge in [0.2, 0.25) is 0 Å². The number of benzene rings is 1. The van der Waals surface area contributed by atoms with Crippen LogP contribution in [-0.2, 0) is 6.54 Å². The third kappa shape index (κ3) is 4.85. The molecule has 1 N–H and O–H groups in total. The fraction of sp³-hybridized carbons (Fsp3) is 0.429. The van der Waals surface area contributed by atoms with Gasteiger partial charge in [-0.1, -0.05) is 12.1 Å². The van der Waals surface area contributed by atoms with Crippen molar-refractivity contribution >= 4 is 11.8 Å². The number of piperazine rings is 1. The van der Waals surface area contributed by atoms with Crippen molar-refractivity contribution in [1.29, 1.82) is 0 Å². The molecule has 2 heterocycles. The molecule has 0 unspecified atom stereocenters. The average Bonchev–Trinajstić information content (AvgIpc) is 2.76. The summed E-state index contributed by atoms with van der Waals surface area (Å²) in [6.07, 6.45) is 1.84. The van der Waals surface area contributed by atoms with Crippen LogP contribution in [0.2, 0.25) is 0 Å². The van der Waals surface area contributed by atoms with Gasteiger partial charge in [-0.15, -0.1) is 0 Å². The minimum atomic E-state index is 0.616. The summed E-state index contributed by atoms with van der Waals surface area (Å²) >= 11 is 0. The first-order chi connectivity index (χ1) is 13.7. The number of anilines is 1. The lowest BCUT2D eigenvalue weighted by Gasteiger charge is -2.37. The van der Waals surface area contributed by atoms with Gasteiger partial charge in [-0.2, -0.15) is 0 Å². The summed E-state index contributed by atoms with van der Waals surface area (Å²) in [6.45, 7) is 6.92. The van der Waals surface area contributed by atoms with E-state index in [1.54, 1.807) is 7.11 Å². The number of nitrogens with one attached hydrogen (secondary N) is 1. The van der Waals surface area contributed by atoms with Crippen molar-refractivity contribution in [2.24, 2.45) is 4.99 Å². The number of pyridine rings is 1. The Morgan fingerprint density at radius 3 is 2.61 bits per heavy atom. The van der Waals surface area contributed by atoms with Gasteiger partial charge >= 0.3 is 0 Å². The predicted octanol–water partition coefficient (Wildman–Crippen LogP) is 2.39. The van der Waals surface area contributed by atoms with Crippen molar-refractivity contribution in [2.75, 3.05) is 51.8 Å². The minimum Gasteiger partial charge on any atom is -0.493 e. The van der Waals surface area contributed by atoms with E-state index in [1.807, 2.05) is 50.5 Å². The standard InChI is InChI=1S/C21H29N5O2/c1-4-28-18-9-8-17(15-19(18)27-3)16-24-21(22-2)26-13-11-25(12-14-26)20-7-5-6-10-23-20/h5-10,15H,4,11-14,16H2,1-3H3,(H,22,24). The highest BCUT2D eigenvalue weighted by Gasteiger charge is 2.20. The Labute approximate surface area is 167 Å². The lowest BCUT2D eigenvalue weighted by atomic mass is 10.2. The highest BCUT2D eigenvalue weighted by Crippen LogP contribution is 2.28. The van der Waals surface area contributed by atoms with Crippen LogP contribution < -0.4 is 19.7 Å². The Balaban J connectivity index is 1.55. The zero-order valence-corrected chi connectivity index (χ0v) is 16.9. The summed E-state index contributed by atoms with van der Waals surface area (Å²) in [7, 11) is 3.49. The summed E-state index contributed by atoms with van der Waals surface area (Å²) < 4.78 is 11.0. The Kier molecular flexibility index (Phi) is 6.94. The molecule has 0 bridgehead atoms. The van der Waals surface area contributed by atoms with E-state index in [9.17, 15) is 0 Å². The normalized spacial score (nSPS) is 14.8. The van der Waals surface area contributed by atoms with Gasteiger partial charge in [-0.25, -0.2) is 4.98 Å². The molecule has 0 atom stereocenters. The van der Waals surface area contributed by atoms with E-state index in [2.05, 4.69) is 31.2 Å². The smallest absolute Gasteiger partial charge is 0.194 e. The van der Waals surface area contributed by atoms with E-state index in [0.29, 0.717) is 13.2 Å². The van der Waals surface area contributed by atoms with Crippen LogP contribution in [0.4, 0.5) is 5.82 Å². The molecule has 7 nitrogen and oxygen atoms in total. The Morgan fingerprint density at radius 1 is 1.14 bits per heavy atom. The monoisotopic (exact) mass is 383 g/mol.